The van der Waals surface area contributed by atoms with E-state index in [1.807, 2.05) is 19.1 Å². The number of halogens is 1. The van der Waals surface area contributed by atoms with Crippen LogP contribution in [0.25, 0.3) is 0 Å². The zero-order chi connectivity index (χ0) is 15.0. The van der Waals surface area contributed by atoms with Crippen LogP contribution in [0.1, 0.15) is 16.0 Å². The molecule has 2 aromatic rings. The fraction of sp³-hybridized carbons (Fsp3) is 0.286. The van der Waals surface area contributed by atoms with E-state index in [4.69, 9.17) is 4.74 Å². The van der Waals surface area contributed by atoms with E-state index < -0.39 is 10.0 Å². The molecule has 1 aromatic carbocycles. The largest absolute Gasteiger partial charge is 0.493 e. The van der Waals surface area contributed by atoms with E-state index in [0.29, 0.717) is 10.8 Å². The van der Waals surface area contributed by atoms with Crippen molar-refractivity contribution in [1.29, 1.82) is 0 Å². The SMILES string of the molecule is Cc1ccc(S(=O)(=O)NCc2cc(Br)cc3c2OCC3)s1. The number of ether oxygens (including phenoxy) is 1. The molecule has 0 amide bonds. The monoisotopic (exact) mass is 387 g/mol. The number of fused-ring (bicyclic) bond motifs is 1. The Hall–Kier alpha value is -0.890. The van der Waals surface area contributed by atoms with Crippen molar-refractivity contribution in [2.45, 2.75) is 24.1 Å². The molecule has 0 saturated carbocycles. The summed E-state index contributed by atoms with van der Waals surface area (Å²) >= 11 is 4.72. The van der Waals surface area contributed by atoms with Gasteiger partial charge in [0.25, 0.3) is 0 Å². The maximum absolute atomic E-state index is 12.3. The van der Waals surface area contributed by atoms with Gasteiger partial charge in [-0.1, -0.05) is 15.9 Å². The predicted octanol–water partition coefficient (Wildman–Crippen LogP) is 3.23. The summed E-state index contributed by atoms with van der Waals surface area (Å²) in [5.41, 5.74) is 1.97. The molecule has 0 saturated heterocycles. The van der Waals surface area contributed by atoms with Gasteiger partial charge in [-0.25, -0.2) is 13.1 Å². The van der Waals surface area contributed by atoms with Gasteiger partial charge < -0.3 is 4.74 Å². The molecular weight excluding hydrogens is 374 g/mol. The quantitative estimate of drug-likeness (QED) is 0.875. The summed E-state index contributed by atoms with van der Waals surface area (Å²) < 4.78 is 34.0. The molecule has 0 aliphatic carbocycles. The first kappa shape index (κ1) is 15.0. The molecule has 2 heterocycles. The van der Waals surface area contributed by atoms with Gasteiger partial charge in [0.05, 0.1) is 6.61 Å². The molecule has 4 nitrogen and oxygen atoms in total. The Morgan fingerprint density at radius 3 is 2.90 bits per heavy atom. The summed E-state index contributed by atoms with van der Waals surface area (Å²) in [5, 5.41) is 0. The highest BCUT2D eigenvalue weighted by atomic mass is 79.9. The summed E-state index contributed by atoms with van der Waals surface area (Å²) in [7, 11) is -3.47. The molecule has 0 atom stereocenters. The first-order valence-electron chi connectivity index (χ1n) is 6.46. The third-order valence-electron chi connectivity index (χ3n) is 3.26. The van der Waals surface area contributed by atoms with Gasteiger partial charge >= 0.3 is 0 Å². The predicted molar refractivity (Wildman–Crippen MR) is 86.4 cm³/mol. The van der Waals surface area contributed by atoms with Gasteiger partial charge in [0, 0.05) is 27.9 Å². The van der Waals surface area contributed by atoms with E-state index in [-0.39, 0.29) is 6.54 Å². The third-order valence-corrected chi connectivity index (χ3v) is 6.61. The minimum Gasteiger partial charge on any atom is -0.493 e. The van der Waals surface area contributed by atoms with E-state index in [2.05, 4.69) is 20.7 Å². The van der Waals surface area contributed by atoms with Crippen molar-refractivity contribution in [3.8, 4) is 5.75 Å². The van der Waals surface area contributed by atoms with Gasteiger partial charge in [0.2, 0.25) is 10.0 Å². The fourth-order valence-corrected chi connectivity index (χ4v) is 5.16. The number of hydrogen-bond donors (Lipinski definition) is 1. The van der Waals surface area contributed by atoms with Gasteiger partial charge in [-0.2, -0.15) is 0 Å². The Bertz CT molecular complexity index is 784. The van der Waals surface area contributed by atoms with Crippen molar-refractivity contribution in [1.82, 2.24) is 4.72 Å². The molecular formula is C14H14BrNO3S2. The average Bonchev–Trinajstić information content (AvgIpc) is 3.04. The molecule has 1 aromatic heterocycles. The summed E-state index contributed by atoms with van der Waals surface area (Å²) in [4.78, 5) is 0.974. The number of thiophene rings is 1. The lowest BCUT2D eigenvalue weighted by atomic mass is 10.1. The first-order chi connectivity index (χ1) is 9.95. The second-order valence-corrected chi connectivity index (χ2v) is 9.04. The minimum atomic E-state index is -3.47. The maximum atomic E-state index is 12.3. The van der Waals surface area contributed by atoms with Crippen LogP contribution in [-0.4, -0.2) is 15.0 Å². The number of aryl methyl sites for hydroxylation is 1. The minimum absolute atomic E-state index is 0.223. The molecule has 0 bridgehead atoms. The Labute approximate surface area is 136 Å². The van der Waals surface area contributed by atoms with Crippen molar-refractivity contribution in [3.05, 3.63) is 44.7 Å². The maximum Gasteiger partial charge on any atom is 0.250 e. The van der Waals surface area contributed by atoms with Crippen LogP contribution < -0.4 is 9.46 Å². The molecule has 0 fully saturated rings. The number of benzene rings is 1. The number of rotatable bonds is 4. The molecule has 1 aliphatic rings. The molecule has 1 aliphatic heterocycles. The van der Waals surface area contributed by atoms with E-state index >= 15 is 0 Å². The lowest BCUT2D eigenvalue weighted by Gasteiger charge is -2.10. The van der Waals surface area contributed by atoms with Gasteiger partial charge in [-0.15, -0.1) is 11.3 Å². The number of nitrogens with one attached hydrogen (secondary N) is 1. The molecule has 0 unspecified atom stereocenters. The standard InChI is InChI=1S/C14H14BrNO3S2/c1-9-2-3-13(20-9)21(17,18)16-8-11-7-12(15)6-10-4-5-19-14(10)11/h2-3,6-7,16H,4-5,8H2,1H3. The Kier molecular flexibility index (Phi) is 4.09. The van der Waals surface area contributed by atoms with Gasteiger partial charge in [-0.3, -0.25) is 0 Å². The number of sulfonamides is 1. The molecule has 21 heavy (non-hydrogen) atoms. The summed E-state index contributed by atoms with van der Waals surface area (Å²) in [5.74, 6) is 0.809. The number of hydrogen-bond acceptors (Lipinski definition) is 4. The topological polar surface area (TPSA) is 55.4 Å². The first-order valence-corrected chi connectivity index (χ1v) is 9.55. The Morgan fingerprint density at radius 2 is 2.19 bits per heavy atom. The highest BCUT2D eigenvalue weighted by Gasteiger charge is 2.20. The smallest absolute Gasteiger partial charge is 0.250 e. The lowest BCUT2D eigenvalue weighted by molar-refractivity contribution is 0.353. The van der Waals surface area contributed by atoms with Gasteiger partial charge in [-0.05, 0) is 36.8 Å². The van der Waals surface area contributed by atoms with Gasteiger partial charge in [0.15, 0.2) is 0 Å². The highest BCUT2D eigenvalue weighted by Crippen LogP contribution is 2.33. The molecule has 7 heteroatoms. The van der Waals surface area contributed by atoms with E-state index in [9.17, 15) is 8.42 Å². The van der Waals surface area contributed by atoms with Crippen molar-refractivity contribution < 1.29 is 13.2 Å². The molecule has 1 N–H and O–H groups in total. The lowest BCUT2D eigenvalue weighted by Crippen LogP contribution is -2.22. The molecule has 3 rings (SSSR count). The van der Waals surface area contributed by atoms with E-state index in [1.165, 1.54) is 11.3 Å². The van der Waals surface area contributed by atoms with Crippen LogP contribution in [0.15, 0.2) is 32.9 Å². The summed E-state index contributed by atoms with van der Waals surface area (Å²) in [6, 6.07) is 7.35. The Balaban J connectivity index is 1.82. The van der Waals surface area contributed by atoms with Crippen LogP contribution in [0.5, 0.6) is 5.75 Å². The van der Waals surface area contributed by atoms with Crippen LogP contribution in [-0.2, 0) is 23.0 Å². The van der Waals surface area contributed by atoms with E-state index in [0.717, 1.165) is 32.6 Å². The van der Waals surface area contributed by atoms with Crippen LogP contribution in [0.4, 0.5) is 0 Å². The zero-order valence-electron chi connectivity index (χ0n) is 11.3. The Morgan fingerprint density at radius 1 is 1.38 bits per heavy atom. The van der Waals surface area contributed by atoms with Gasteiger partial charge in [0.1, 0.15) is 9.96 Å². The van der Waals surface area contributed by atoms with Crippen molar-refractivity contribution in [3.63, 3.8) is 0 Å². The third kappa shape index (κ3) is 3.15. The normalized spacial score (nSPS) is 14.0. The van der Waals surface area contributed by atoms with Crippen molar-refractivity contribution >= 4 is 37.3 Å². The molecule has 0 radical (unpaired) electrons. The van der Waals surface area contributed by atoms with Crippen LogP contribution in [0.3, 0.4) is 0 Å². The zero-order valence-corrected chi connectivity index (χ0v) is 14.6. The molecule has 0 spiro atoms. The fourth-order valence-electron chi connectivity index (χ4n) is 2.28. The second-order valence-electron chi connectivity index (χ2n) is 4.84. The summed E-state index contributed by atoms with van der Waals surface area (Å²) in [6.45, 7) is 2.76. The highest BCUT2D eigenvalue weighted by molar-refractivity contribution is 9.10. The molecule has 112 valence electrons. The summed E-state index contributed by atoms with van der Waals surface area (Å²) in [6.07, 6.45) is 0.860. The second kappa shape index (κ2) is 5.72. The van der Waals surface area contributed by atoms with Crippen LogP contribution in [0, 0.1) is 6.92 Å². The van der Waals surface area contributed by atoms with Crippen LogP contribution >= 0.6 is 27.3 Å². The van der Waals surface area contributed by atoms with Crippen LogP contribution in [0.2, 0.25) is 0 Å². The van der Waals surface area contributed by atoms with Crippen molar-refractivity contribution in [2.75, 3.05) is 6.61 Å². The van der Waals surface area contributed by atoms with E-state index in [1.54, 1.807) is 12.1 Å². The average molecular weight is 388 g/mol. The van der Waals surface area contributed by atoms with Crippen molar-refractivity contribution in [2.24, 2.45) is 0 Å².